The molecule has 2 heterocycles. The predicted octanol–water partition coefficient (Wildman–Crippen LogP) is 4.03. The summed E-state index contributed by atoms with van der Waals surface area (Å²) < 4.78 is 5.31. The first kappa shape index (κ1) is 19.2. The number of hydrogen-bond acceptors (Lipinski definition) is 4. The van der Waals surface area contributed by atoms with Gasteiger partial charge in [-0.3, -0.25) is 9.59 Å². The molecule has 2 amide bonds. The molecule has 2 aliphatic heterocycles. The first-order valence-corrected chi connectivity index (χ1v) is 10.6. The lowest BCUT2D eigenvalue weighted by Crippen LogP contribution is -2.50. The van der Waals surface area contributed by atoms with Crippen LogP contribution in [0.5, 0.6) is 5.75 Å². The van der Waals surface area contributed by atoms with Crippen molar-refractivity contribution in [2.75, 3.05) is 24.3 Å². The summed E-state index contributed by atoms with van der Waals surface area (Å²) in [5.74, 6) is 1.36. The molecule has 0 N–H and O–H groups in total. The summed E-state index contributed by atoms with van der Waals surface area (Å²) >= 11 is 7.80. The van der Waals surface area contributed by atoms with E-state index in [1.54, 1.807) is 23.0 Å². The van der Waals surface area contributed by atoms with Crippen molar-refractivity contribution in [1.82, 2.24) is 4.90 Å². The number of halogens is 1. The molecule has 28 heavy (non-hydrogen) atoms. The topological polar surface area (TPSA) is 49.9 Å². The zero-order valence-corrected chi connectivity index (χ0v) is 17.3. The summed E-state index contributed by atoms with van der Waals surface area (Å²) in [6, 6.07) is 13.2. The Bertz CT molecular complexity index is 951. The molecule has 4 rings (SSSR count). The molecule has 1 spiro atoms. The number of carbonyl (C=O) groups excluding carboxylic acids is 2. The van der Waals surface area contributed by atoms with Crippen LogP contribution in [-0.2, 0) is 21.0 Å². The van der Waals surface area contributed by atoms with Gasteiger partial charge in [-0.2, -0.15) is 0 Å². The van der Waals surface area contributed by atoms with Gasteiger partial charge in [0, 0.05) is 29.3 Å². The fraction of sp³-hybridized carbons (Fsp3) is 0.333. The Balaban J connectivity index is 1.80. The third-order valence-electron chi connectivity index (χ3n) is 5.23. The largest absolute Gasteiger partial charge is 0.497 e. The minimum atomic E-state index is -1.02. The van der Waals surface area contributed by atoms with E-state index in [-0.39, 0.29) is 11.8 Å². The lowest BCUT2D eigenvalue weighted by molar-refractivity contribution is -0.139. The Labute approximate surface area is 173 Å². The van der Waals surface area contributed by atoms with Gasteiger partial charge < -0.3 is 14.5 Å². The van der Waals surface area contributed by atoms with Gasteiger partial charge in [0.05, 0.1) is 19.3 Å². The van der Waals surface area contributed by atoms with Crippen molar-refractivity contribution in [2.45, 2.75) is 24.8 Å². The highest BCUT2D eigenvalue weighted by atomic mass is 35.5. The van der Waals surface area contributed by atoms with Gasteiger partial charge in [0.1, 0.15) is 5.75 Å². The zero-order chi connectivity index (χ0) is 19.9. The predicted molar refractivity (Wildman–Crippen MR) is 112 cm³/mol. The first-order valence-electron chi connectivity index (χ1n) is 9.20. The zero-order valence-electron chi connectivity index (χ0n) is 15.8. The third kappa shape index (κ3) is 2.86. The van der Waals surface area contributed by atoms with Crippen molar-refractivity contribution < 1.29 is 14.3 Å². The van der Waals surface area contributed by atoms with E-state index in [0.29, 0.717) is 24.5 Å². The monoisotopic (exact) mass is 416 g/mol. The van der Waals surface area contributed by atoms with Crippen LogP contribution in [0.25, 0.3) is 0 Å². The van der Waals surface area contributed by atoms with E-state index in [4.69, 9.17) is 16.3 Å². The van der Waals surface area contributed by atoms with Gasteiger partial charge in [-0.05, 0) is 35.9 Å². The number of hydrogen-bond donors (Lipinski definition) is 0. The van der Waals surface area contributed by atoms with Crippen LogP contribution in [0.3, 0.4) is 0 Å². The average molecular weight is 417 g/mol. The Kier molecular flexibility index (Phi) is 5.02. The number of methoxy groups -OCH3 is 1. The maximum Gasteiger partial charge on any atom is 0.268 e. The molecule has 0 aromatic heterocycles. The van der Waals surface area contributed by atoms with Crippen molar-refractivity contribution in [3.8, 4) is 5.75 Å². The Morgan fingerprint density at radius 3 is 2.86 bits per heavy atom. The van der Waals surface area contributed by atoms with E-state index in [1.807, 2.05) is 43.3 Å². The highest BCUT2D eigenvalue weighted by Gasteiger charge is 2.59. The SMILES string of the molecule is CCC(=O)N1CCSC12C(=O)N(Cc1cccc(OC)c1)c1ccc(Cl)cc12. The van der Waals surface area contributed by atoms with Crippen LogP contribution in [0.15, 0.2) is 42.5 Å². The summed E-state index contributed by atoms with van der Waals surface area (Å²) in [7, 11) is 1.62. The lowest BCUT2D eigenvalue weighted by atomic mass is 10.1. The van der Waals surface area contributed by atoms with Gasteiger partial charge in [-0.25, -0.2) is 0 Å². The number of nitrogens with zero attached hydrogens (tertiary/aromatic N) is 2. The van der Waals surface area contributed by atoms with Crippen molar-refractivity contribution in [3.63, 3.8) is 0 Å². The molecule has 0 radical (unpaired) electrons. The minimum absolute atomic E-state index is 0.0208. The van der Waals surface area contributed by atoms with Crippen LogP contribution in [0, 0.1) is 0 Å². The maximum absolute atomic E-state index is 13.7. The summed E-state index contributed by atoms with van der Waals surface area (Å²) in [5, 5.41) is 0.561. The second-order valence-corrected chi connectivity index (χ2v) is 8.52. The fourth-order valence-electron chi connectivity index (χ4n) is 3.94. The third-order valence-corrected chi connectivity index (χ3v) is 6.89. The molecule has 0 aliphatic carbocycles. The van der Waals surface area contributed by atoms with Gasteiger partial charge in [0.2, 0.25) is 5.91 Å². The van der Waals surface area contributed by atoms with E-state index in [9.17, 15) is 9.59 Å². The average Bonchev–Trinajstić information content (AvgIpc) is 3.25. The van der Waals surface area contributed by atoms with E-state index >= 15 is 0 Å². The summed E-state index contributed by atoms with van der Waals surface area (Å²) in [6.45, 7) is 2.79. The van der Waals surface area contributed by atoms with Crippen LogP contribution >= 0.6 is 23.4 Å². The van der Waals surface area contributed by atoms with Crippen LogP contribution < -0.4 is 9.64 Å². The quantitative estimate of drug-likeness (QED) is 0.754. The number of carbonyl (C=O) groups is 2. The Hall–Kier alpha value is -2.18. The standard InChI is InChI=1S/C21H21ClN2O3S/c1-3-19(25)24-9-10-28-21(24)17-12-15(22)7-8-18(17)23(20(21)26)13-14-5-4-6-16(11-14)27-2/h4-8,11-12H,3,9-10,13H2,1-2H3. The number of ether oxygens (including phenoxy) is 1. The van der Waals surface area contributed by atoms with Crippen molar-refractivity contribution in [3.05, 3.63) is 58.6 Å². The van der Waals surface area contributed by atoms with Crippen LogP contribution in [0.4, 0.5) is 5.69 Å². The highest BCUT2D eigenvalue weighted by molar-refractivity contribution is 8.01. The van der Waals surface area contributed by atoms with Crippen molar-refractivity contribution >= 4 is 40.9 Å². The first-order chi connectivity index (χ1) is 13.5. The van der Waals surface area contributed by atoms with Gasteiger partial charge in [0.25, 0.3) is 5.91 Å². The van der Waals surface area contributed by atoms with E-state index in [2.05, 4.69) is 0 Å². The molecule has 1 fully saturated rings. The van der Waals surface area contributed by atoms with E-state index < -0.39 is 4.87 Å². The van der Waals surface area contributed by atoms with Gasteiger partial charge in [-0.15, -0.1) is 11.8 Å². The second kappa shape index (κ2) is 7.33. The number of amides is 2. The van der Waals surface area contributed by atoms with E-state index in [1.165, 1.54) is 11.8 Å². The fourth-order valence-corrected chi connectivity index (χ4v) is 5.59. The number of benzene rings is 2. The molecule has 0 saturated carbocycles. The van der Waals surface area contributed by atoms with Crippen molar-refractivity contribution in [2.24, 2.45) is 0 Å². The van der Waals surface area contributed by atoms with Gasteiger partial charge >= 0.3 is 0 Å². The smallest absolute Gasteiger partial charge is 0.268 e. The highest BCUT2D eigenvalue weighted by Crippen LogP contribution is 2.55. The summed E-state index contributed by atoms with van der Waals surface area (Å²) in [4.78, 5) is 28.8. The molecule has 0 bridgehead atoms. The van der Waals surface area contributed by atoms with Crippen molar-refractivity contribution in [1.29, 1.82) is 0 Å². The Morgan fingerprint density at radius 2 is 2.11 bits per heavy atom. The lowest BCUT2D eigenvalue weighted by Gasteiger charge is -2.33. The maximum atomic E-state index is 13.7. The normalized spacial score (nSPS) is 20.8. The molecule has 1 unspecified atom stereocenters. The number of fused-ring (bicyclic) bond motifs is 2. The molecule has 5 nitrogen and oxygen atoms in total. The number of rotatable bonds is 4. The minimum Gasteiger partial charge on any atom is -0.497 e. The van der Waals surface area contributed by atoms with Crippen LogP contribution in [0.2, 0.25) is 5.02 Å². The molecule has 2 aromatic carbocycles. The molecule has 7 heteroatoms. The molecule has 2 aliphatic rings. The van der Waals surface area contributed by atoms with Crippen LogP contribution in [-0.4, -0.2) is 36.1 Å². The van der Waals surface area contributed by atoms with Gasteiger partial charge in [-0.1, -0.05) is 30.7 Å². The van der Waals surface area contributed by atoms with E-state index in [0.717, 1.165) is 28.3 Å². The molecule has 2 aromatic rings. The molecule has 1 saturated heterocycles. The number of anilines is 1. The summed E-state index contributed by atoms with van der Waals surface area (Å²) in [5.41, 5.74) is 2.57. The van der Waals surface area contributed by atoms with Crippen LogP contribution in [0.1, 0.15) is 24.5 Å². The molecule has 1 atom stereocenters. The second-order valence-electron chi connectivity index (χ2n) is 6.80. The molecular formula is C21H21ClN2O3S. The molecule has 146 valence electrons. The van der Waals surface area contributed by atoms with Gasteiger partial charge in [0.15, 0.2) is 4.87 Å². The summed E-state index contributed by atoms with van der Waals surface area (Å²) in [6.07, 6.45) is 0.362. The molecular weight excluding hydrogens is 396 g/mol. The number of thioether (sulfide) groups is 1. The Morgan fingerprint density at radius 1 is 1.29 bits per heavy atom.